The summed E-state index contributed by atoms with van der Waals surface area (Å²) >= 11 is 0. The highest BCUT2D eigenvalue weighted by molar-refractivity contribution is 5.85. The number of carbonyl (C=O) groups is 2. The van der Waals surface area contributed by atoms with Gasteiger partial charge in [-0.05, 0) is 31.1 Å². The van der Waals surface area contributed by atoms with Gasteiger partial charge in [0.05, 0.1) is 0 Å². The zero-order chi connectivity index (χ0) is 14.6. The number of ketones is 1. The summed E-state index contributed by atoms with van der Waals surface area (Å²) in [7, 11) is 0. The molecule has 1 saturated carbocycles. The first kappa shape index (κ1) is 15.7. The predicted molar refractivity (Wildman–Crippen MR) is 75.6 cm³/mol. The van der Waals surface area contributed by atoms with Gasteiger partial charge in [-0.15, -0.1) is 0 Å². The molecule has 1 aliphatic carbocycles. The Morgan fingerprint density at radius 3 is 2.53 bits per heavy atom. The highest BCUT2D eigenvalue weighted by Crippen LogP contribution is 2.47. The van der Waals surface area contributed by atoms with Crippen molar-refractivity contribution in [1.82, 2.24) is 0 Å². The number of carbonyl (C=O) groups excluding carboxylic acids is 2. The lowest BCUT2D eigenvalue weighted by Crippen LogP contribution is -2.28. The maximum absolute atomic E-state index is 12.2. The first-order valence-corrected chi connectivity index (χ1v) is 6.74. The van der Waals surface area contributed by atoms with Crippen LogP contribution in [0.2, 0.25) is 0 Å². The molecule has 1 rings (SSSR count). The number of Topliss-reactive ketones (excluding diaryl/α,β-unsaturated/α-hetero) is 1. The van der Waals surface area contributed by atoms with E-state index in [1.807, 2.05) is 13.0 Å². The quantitative estimate of drug-likeness (QED) is 0.565. The van der Waals surface area contributed by atoms with Crippen molar-refractivity contribution in [3.63, 3.8) is 0 Å². The zero-order valence-corrected chi connectivity index (χ0v) is 12.4. The van der Waals surface area contributed by atoms with Crippen molar-refractivity contribution >= 4 is 11.8 Å². The summed E-state index contributed by atoms with van der Waals surface area (Å²) in [6, 6.07) is 0. The van der Waals surface area contributed by atoms with Crippen LogP contribution in [-0.2, 0) is 14.3 Å². The smallest absolute Gasteiger partial charge is 0.303 e. The van der Waals surface area contributed by atoms with Crippen LogP contribution in [0.15, 0.2) is 24.3 Å². The summed E-state index contributed by atoms with van der Waals surface area (Å²) in [5.41, 5.74) is 1.08. The Labute approximate surface area is 115 Å². The Kier molecular flexibility index (Phi) is 5.10. The van der Waals surface area contributed by atoms with E-state index < -0.39 is 5.97 Å². The van der Waals surface area contributed by atoms with E-state index in [1.165, 1.54) is 6.92 Å². The third-order valence-corrected chi connectivity index (χ3v) is 3.85. The van der Waals surface area contributed by atoms with E-state index in [4.69, 9.17) is 4.74 Å². The van der Waals surface area contributed by atoms with Gasteiger partial charge in [-0.1, -0.05) is 38.2 Å². The van der Waals surface area contributed by atoms with Crippen molar-refractivity contribution in [3.8, 4) is 0 Å². The molecule has 2 atom stereocenters. The van der Waals surface area contributed by atoms with Crippen molar-refractivity contribution in [1.29, 1.82) is 0 Å². The fraction of sp³-hybridized carbons (Fsp3) is 0.625. The molecule has 19 heavy (non-hydrogen) atoms. The molecule has 0 N–H and O–H groups in total. The van der Waals surface area contributed by atoms with Crippen molar-refractivity contribution in [2.24, 2.45) is 17.3 Å². The first-order chi connectivity index (χ1) is 8.74. The van der Waals surface area contributed by atoms with Crippen molar-refractivity contribution in [2.45, 2.75) is 40.5 Å². The van der Waals surface area contributed by atoms with E-state index in [0.717, 1.165) is 18.4 Å². The van der Waals surface area contributed by atoms with E-state index >= 15 is 0 Å². The Morgan fingerprint density at radius 2 is 2.00 bits per heavy atom. The van der Waals surface area contributed by atoms with Gasteiger partial charge in [-0.2, -0.15) is 0 Å². The Balaban J connectivity index is 2.78. The Morgan fingerprint density at radius 1 is 1.37 bits per heavy atom. The number of esters is 1. The van der Waals surface area contributed by atoms with Crippen LogP contribution in [0.5, 0.6) is 0 Å². The summed E-state index contributed by atoms with van der Waals surface area (Å²) in [6.07, 6.45) is 5.93. The van der Waals surface area contributed by atoms with Crippen molar-refractivity contribution in [2.75, 3.05) is 6.61 Å². The summed E-state index contributed by atoms with van der Waals surface area (Å²) in [5, 5.41) is 0. The van der Waals surface area contributed by atoms with E-state index in [1.54, 1.807) is 0 Å². The second-order valence-electron chi connectivity index (χ2n) is 6.11. The average molecular weight is 264 g/mol. The van der Waals surface area contributed by atoms with E-state index in [0.29, 0.717) is 0 Å². The molecule has 3 heteroatoms. The Hall–Kier alpha value is -1.38. The van der Waals surface area contributed by atoms with Gasteiger partial charge in [-0.25, -0.2) is 0 Å². The lowest BCUT2D eigenvalue weighted by atomic mass is 9.77. The lowest BCUT2D eigenvalue weighted by molar-refractivity contribution is -0.147. The molecule has 0 saturated heterocycles. The second-order valence-corrected chi connectivity index (χ2v) is 6.11. The number of hydrogen-bond donors (Lipinski definition) is 0. The minimum absolute atomic E-state index is 0.0251. The summed E-state index contributed by atoms with van der Waals surface area (Å²) < 4.78 is 4.83. The largest absolute Gasteiger partial charge is 0.458 e. The maximum Gasteiger partial charge on any atom is 0.303 e. The van der Waals surface area contributed by atoms with Crippen LogP contribution in [0.25, 0.3) is 0 Å². The molecule has 3 nitrogen and oxygen atoms in total. The van der Waals surface area contributed by atoms with Gasteiger partial charge in [0.15, 0.2) is 5.78 Å². The number of ether oxygens (including phenoxy) is 1. The second kappa shape index (κ2) is 6.18. The molecule has 0 radical (unpaired) electrons. The molecule has 0 aromatic heterocycles. The minimum Gasteiger partial charge on any atom is -0.458 e. The highest BCUT2D eigenvalue weighted by Gasteiger charge is 2.43. The van der Waals surface area contributed by atoms with Crippen LogP contribution in [0, 0.1) is 17.3 Å². The lowest BCUT2D eigenvalue weighted by Gasteiger charge is -2.27. The molecule has 0 spiro atoms. The van der Waals surface area contributed by atoms with Crippen molar-refractivity contribution in [3.05, 3.63) is 24.3 Å². The molecular weight excluding hydrogens is 240 g/mol. The first-order valence-electron chi connectivity index (χ1n) is 6.74. The molecule has 106 valence electrons. The van der Waals surface area contributed by atoms with Crippen LogP contribution >= 0.6 is 0 Å². The van der Waals surface area contributed by atoms with E-state index in [9.17, 15) is 9.59 Å². The molecule has 1 fully saturated rings. The van der Waals surface area contributed by atoms with E-state index in [-0.39, 0.29) is 29.6 Å². The van der Waals surface area contributed by atoms with Gasteiger partial charge in [0.1, 0.15) is 6.61 Å². The van der Waals surface area contributed by atoms with Crippen LogP contribution in [0.4, 0.5) is 0 Å². The average Bonchev–Trinajstić information content (AvgIpc) is 2.58. The van der Waals surface area contributed by atoms with Crippen molar-refractivity contribution < 1.29 is 14.3 Å². The topological polar surface area (TPSA) is 43.4 Å². The number of rotatable bonds is 5. The third kappa shape index (κ3) is 4.34. The van der Waals surface area contributed by atoms with Crippen LogP contribution in [0.1, 0.15) is 40.5 Å². The summed E-state index contributed by atoms with van der Waals surface area (Å²) in [5.74, 6) is -0.242. The predicted octanol–water partition coefficient (Wildman–Crippen LogP) is 3.30. The maximum atomic E-state index is 12.2. The molecule has 2 unspecified atom stereocenters. The van der Waals surface area contributed by atoms with Gasteiger partial charge in [0, 0.05) is 12.8 Å². The number of hydrogen-bond acceptors (Lipinski definition) is 3. The zero-order valence-electron chi connectivity index (χ0n) is 12.4. The normalized spacial score (nSPS) is 25.5. The molecule has 0 aromatic carbocycles. The molecule has 0 bridgehead atoms. The molecule has 0 aromatic rings. The molecule has 0 heterocycles. The fourth-order valence-electron chi connectivity index (χ4n) is 2.72. The summed E-state index contributed by atoms with van der Waals surface area (Å²) in [4.78, 5) is 22.9. The van der Waals surface area contributed by atoms with Gasteiger partial charge in [0.25, 0.3) is 0 Å². The van der Waals surface area contributed by atoms with E-state index in [2.05, 4.69) is 26.5 Å². The Bertz CT molecular complexity index is 404. The molecule has 0 amide bonds. The van der Waals surface area contributed by atoms with Gasteiger partial charge in [0.2, 0.25) is 0 Å². The van der Waals surface area contributed by atoms with Gasteiger partial charge in [-0.3, -0.25) is 9.59 Å². The van der Waals surface area contributed by atoms with Gasteiger partial charge >= 0.3 is 5.97 Å². The number of allylic oxidation sites excluding steroid dienone is 3. The fourth-order valence-corrected chi connectivity index (χ4v) is 2.72. The molecule has 1 aliphatic rings. The highest BCUT2D eigenvalue weighted by atomic mass is 16.5. The van der Waals surface area contributed by atoms with Crippen LogP contribution in [-0.4, -0.2) is 18.4 Å². The SMILES string of the molecule is C=C(C)/C=C/C1C(C(=O)COC(C)=O)CCC1(C)C. The summed E-state index contributed by atoms with van der Waals surface area (Å²) in [6.45, 7) is 11.4. The standard InChI is InChI=1S/C16H24O3/c1-11(2)6-7-14-13(8-9-16(14,4)5)15(18)10-19-12(3)17/h6-7,13-14H,1,8-10H2,2-5H3/b7-6+. The molecular formula is C16H24O3. The minimum atomic E-state index is -0.403. The van der Waals surface area contributed by atoms with Crippen LogP contribution < -0.4 is 0 Å². The van der Waals surface area contributed by atoms with Gasteiger partial charge < -0.3 is 4.74 Å². The third-order valence-electron chi connectivity index (χ3n) is 3.85. The van der Waals surface area contributed by atoms with Crippen LogP contribution in [0.3, 0.4) is 0 Å². The monoisotopic (exact) mass is 264 g/mol. The molecule has 0 aliphatic heterocycles.